The van der Waals surface area contributed by atoms with Crippen LogP contribution >= 0.6 is 0 Å². The van der Waals surface area contributed by atoms with Gasteiger partial charge in [0.05, 0.1) is 24.2 Å². The lowest BCUT2D eigenvalue weighted by molar-refractivity contribution is -0.143. The number of nitrogens with two attached hydrogens (primary N) is 5. The Morgan fingerprint density at radius 3 is 2.05 bits per heavy atom. The van der Waals surface area contributed by atoms with Gasteiger partial charge in [-0.05, 0) is 80.9 Å². The predicted octanol–water partition coefficient (Wildman–Crippen LogP) is -1.16. The number of phenols is 1. The van der Waals surface area contributed by atoms with E-state index >= 15 is 0 Å². The Hall–Kier alpha value is -5.68. The lowest BCUT2D eigenvalue weighted by atomic mass is 9.93. The summed E-state index contributed by atoms with van der Waals surface area (Å²) in [6.07, 6.45) is 2.65. The monoisotopic (exact) mass is 828 g/mol. The molecular formula is C39H65N13O7. The second-order valence-corrected chi connectivity index (χ2v) is 15.4. The number of rotatable bonds is 25. The van der Waals surface area contributed by atoms with Crippen LogP contribution in [0.15, 0.2) is 34.3 Å². The lowest BCUT2D eigenvalue weighted by Crippen LogP contribution is -2.61. The summed E-state index contributed by atoms with van der Waals surface area (Å²) in [7, 11) is 0. The zero-order valence-corrected chi connectivity index (χ0v) is 34.6. The number of phenolic OH excluding ortho intramolecular Hbond substituents is 1. The van der Waals surface area contributed by atoms with Crippen molar-refractivity contribution >= 4 is 41.5 Å². The van der Waals surface area contributed by atoms with E-state index in [0.29, 0.717) is 31.2 Å². The Bertz CT molecular complexity index is 1640. The molecule has 1 aliphatic heterocycles. The van der Waals surface area contributed by atoms with Crippen LogP contribution in [0.2, 0.25) is 0 Å². The number of likely N-dealkylation sites (tertiary alicyclic amines) is 1. The number of carbonyl (C=O) groups excluding carboxylic acids is 4. The number of aliphatic carboxylic acids is 1. The smallest absolute Gasteiger partial charge is 0.326 e. The van der Waals surface area contributed by atoms with Gasteiger partial charge in [-0.15, -0.1) is 0 Å². The molecular weight excluding hydrogens is 763 g/mol. The maximum absolute atomic E-state index is 14.2. The molecule has 1 fully saturated rings. The van der Waals surface area contributed by atoms with Crippen LogP contribution in [0.5, 0.6) is 5.75 Å². The number of nitriles is 1. The van der Waals surface area contributed by atoms with Crippen molar-refractivity contribution in [3.05, 3.63) is 29.8 Å². The predicted molar refractivity (Wildman–Crippen MR) is 223 cm³/mol. The first-order valence-electron chi connectivity index (χ1n) is 20.1. The van der Waals surface area contributed by atoms with Crippen LogP contribution in [0.25, 0.3) is 0 Å². The first-order chi connectivity index (χ1) is 27.9. The van der Waals surface area contributed by atoms with Crippen LogP contribution in [0.4, 0.5) is 0 Å². The molecule has 0 unspecified atom stereocenters. The molecule has 1 aromatic rings. The molecule has 1 saturated heterocycles. The zero-order chi connectivity index (χ0) is 44.2. The first-order valence-corrected chi connectivity index (χ1v) is 20.1. The second kappa shape index (κ2) is 24.9. The van der Waals surface area contributed by atoms with Crippen molar-refractivity contribution in [3.63, 3.8) is 0 Å². The molecule has 8 atom stereocenters. The molecule has 59 heavy (non-hydrogen) atoms. The molecule has 0 spiro atoms. The molecule has 0 aromatic heterocycles. The van der Waals surface area contributed by atoms with Crippen LogP contribution in [-0.4, -0.2) is 119 Å². The number of carbonyl (C=O) groups is 5. The van der Waals surface area contributed by atoms with Crippen molar-refractivity contribution in [2.24, 2.45) is 50.5 Å². The highest BCUT2D eigenvalue weighted by Gasteiger charge is 2.40. The fraction of sp³-hybridized carbons (Fsp3) is 0.641. The molecule has 0 radical (unpaired) electrons. The molecule has 20 heteroatoms. The van der Waals surface area contributed by atoms with Crippen LogP contribution < -0.4 is 49.9 Å². The molecule has 16 N–H and O–H groups in total. The molecule has 0 bridgehead atoms. The molecule has 328 valence electrons. The molecule has 1 heterocycles. The largest absolute Gasteiger partial charge is 0.508 e. The van der Waals surface area contributed by atoms with Gasteiger partial charge in [0.25, 0.3) is 0 Å². The maximum atomic E-state index is 14.2. The van der Waals surface area contributed by atoms with Crippen LogP contribution in [0, 0.1) is 23.2 Å². The van der Waals surface area contributed by atoms with Gasteiger partial charge < -0.3 is 59.7 Å². The van der Waals surface area contributed by atoms with E-state index in [4.69, 9.17) is 28.7 Å². The van der Waals surface area contributed by atoms with E-state index in [0.717, 1.165) is 0 Å². The molecule has 1 aromatic carbocycles. The number of amides is 4. The Balaban J connectivity index is 2.40. The summed E-state index contributed by atoms with van der Waals surface area (Å²) in [5, 5.41) is 41.7. The van der Waals surface area contributed by atoms with Gasteiger partial charge in [0.2, 0.25) is 23.6 Å². The number of carboxylic acid groups (broad SMARTS) is 1. The Kier molecular flexibility index (Phi) is 20.9. The van der Waals surface area contributed by atoms with Gasteiger partial charge in [0.15, 0.2) is 11.9 Å². The molecule has 4 amide bonds. The number of aromatic hydroxyl groups is 1. The average Bonchev–Trinajstić information content (AvgIpc) is 3.68. The minimum absolute atomic E-state index is 0.0131. The fourth-order valence-corrected chi connectivity index (χ4v) is 6.74. The van der Waals surface area contributed by atoms with Crippen molar-refractivity contribution in [3.8, 4) is 11.8 Å². The number of hydrogen-bond donors (Lipinski definition) is 11. The van der Waals surface area contributed by atoms with Gasteiger partial charge in [-0.1, -0.05) is 46.2 Å². The molecule has 1 aliphatic rings. The van der Waals surface area contributed by atoms with E-state index < -0.39 is 71.9 Å². The third-order valence-corrected chi connectivity index (χ3v) is 10.1. The van der Waals surface area contributed by atoms with Crippen LogP contribution in [0.3, 0.4) is 0 Å². The highest BCUT2D eigenvalue weighted by molar-refractivity contribution is 5.93. The maximum Gasteiger partial charge on any atom is 0.326 e. The lowest BCUT2D eigenvalue weighted by Gasteiger charge is -2.33. The van der Waals surface area contributed by atoms with Gasteiger partial charge in [0.1, 0.15) is 29.9 Å². The van der Waals surface area contributed by atoms with E-state index in [2.05, 4.69) is 37.3 Å². The standard InChI is InChI=1S/C39H65N13O7/c1-5-23(4)32(35(56)51-29(37(58)59)19-22(2)3)48-30(21-40)28(20-24-12-14-25(53)15-13-24)50-34(55)31-11-8-18-52(31)36(57)27(10-7-17-47-39(44)45)49-33(54)26(41)9-6-16-46-38(42)43/h12-15,22-23,26-32,48,53H,5-11,16-20,41H2,1-4H3,(H,49,54)(H,50,55)(H,51,56)(H,58,59)(H4,42,43,46)(H4,44,45,47)/t23-,26-,27-,28-,29-,30+,31-,32-/m0/s1. The SMILES string of the molecule is CC[C@H](C)[C@H](N[C@H](C#N)[C@H](Cc1ccc(O)cc1)NC(=O)[C@@H]1CCCN1C(=O)[C@H](CCCN=C(N)N)NC(=O)[C@@H](N)CCCN=C(N)N)C(=O)N[C@@H](CC(C)C)C(=O)O. The summed E-state index contributed by atoms with van der Waals surface area (Å²) in [6.45, 7) is 8.00. The summed E-state index contributed by atoms with van der Waals surface area (Å²) < 4.78 is 0. The average molecular weight is 828 g/mol. The number of benzene rings is 1. The van der Waals surface area contributed by atoms with E-state index in [-0.39, 0.29) is 81.2 Å². The summed E-state index contributed by atoms with van der Waals surface area (Å²) in [5.74, 6) is -4.01. The molecule has 2 rings (SSSR count). The van der Waals surface area contributed by atoms with Crippen LogP contribution in [-0.2, 0) is 30.4 Å². The first kappa shape index (κ1) is 49.5. The van der Waals surface area contributed by atoms with Crippen molar-refractivity contribution in [1.82, 2.24) is 26.2 Å². The fourth-order valence-electron chi connectivity index (χ4n) is 6.74. The highest BCUT2D eigenvalue weighted by atomic mass is 16.4. The minimum atomic E-state index is -1.18. The van der Waals surface area contributed by atoms with Gasteiger partial charge in [-0.2, -0.15) is 5.26 Å². The topological polar surface area (TPSA) is 356 Å². The number of nitrogens with one attached hydrogen (secondary N) is 4. The van der Waals surface area contributed by atoms with Gasteiger partial charge >= 0.3 is 5.97 Å². The number of carboxylic acids is 1. The molecule has 0 saturated carbocycles. The van der Waals surface area contributed by atoms with Gasteiger partial charge in [-0.3, -0.25) is 34.5 Å². The third kappa shape index (κ3) is 17.0. The Morgan fingerprint density at radius 2 is 1.51 bits per heavy atom. The quantitative estimate of drug-likeness (QED) is 0.0315. The van der Waals surface area contributed by atoms with Gasteiger partial charge in [0, 0.05) is 19.6 Å². The number of nitrogens with zero attached hydrogens (tertiary/aromatic N) is 4. The zero-order valence-electron chi connectivity index (χ0n) is 34.6. The van der Waals surface area contributed by atoms with E-state index in [9.17, 15) is 39.4 Å². The van der Waals surface area contributed by atoms with Crippen molar-refractivity contribution in [1.29, 1.82) is 5.26 Å². The summed E-state index contributed by atoms with van der Waals surface area (Å²) >= 11 is 0. The summed E-state index contributed by atoms with van der Waals surface area (Å²) in [4.78, 5) is 76.6. The number of guanidine groups is 2. The Labute approximate surface area is 346 Å². The van der Waals surface area contributed by atoms with Gasteiger partial charge in [-0.25, -0.2) is 4.79 Å². The molecule has 0 aliphatic carbocycles. The minimum Gasteiger partial charge on any atom is -0.508 e. The second-order valence-electron chi connectivity index (χ2n) is 15.4. The number of hydrogen-bond acceptors (Lipinski definition) is 11. The van der Waals surface area contributed by atoms with E-state index in [1.165, 1.54) is 17.0 Å². The summed E-state index contributed by atoms with van der Waals surface area (Å²) in [6, 6.07) is 1.07. The van der Waals surface area contributed by atoms with Crippen molar-refractivity contribution < 1.29 is 34.2 Å². The molecule has 20 nitrogen and oxygen atoms in total. The normalized spacial score (nSPS) is 17.2. The van der Waals surface area contributed by atoms with E-state index in [1.807, 2.05) is 20.8 Å². The Morgan fingerprint density at radius 1 is 0.915 bits per heavy atom. The van der Waals surface area contributed by atoms with Crippen LogP contribution in [0.1, 0.15) is 84.6 Å². The summed E-state index contributed by atoms with van der Waals surface area (Å²) in [5.41, 5.74) is 28.5. The van der Waals surface area contributed by atoms with Crippen molar-refractivity contribution in [2.45, 2.75) is 128 Å². The highest BCUT2D eigenvalue weighted by Crippen LogP contribution is 2.22. The van der Waals surface area contributed by atoms with Crippen molar-refractivity contribution in [2.75, 3.05) is 19.6 Å². The van der Waals surface area contributed by atoms with E-state index in [1.54, 1.807) is 19.1 Å². The number of aliphatic imine (C=N–C) groups is 2. The third-order valence-electron chi connectivity index (χ3n) is 10.1.